The molecule has 0 unspecified atom stereocenters. The smallest absolute Gasteiger partial charge is 0.251 e. The average Bonchev–Trinajstić information content (AvgIpc) is 2.66. The molecule has 0 aliphatic rings. The lowest BCUT2D eigenvalue weighted by molar-refractivity contribution is 0.0943. The molecule has 0 spiro atoms. The number of amides is 1. The third-order valence-electron chi connectivity index (χ3n) is 4.17. The normalized spacial score (nSPS) is 10.7. The fourth-order valence-electron chi connectivity index (χ4n) is 3.00. The zero-order valence-electron chi connectivity index (χ0n) is 16.5. The number of methoxy groups -OCH3 is 1. The number of hydrogen-bond acceptors (Lipinski definition) is 4. The van der Waals surface area contributed by atoms with E-state index in [1.54, 1.807) is 7.11 Å². The first kappa shape index (κ1) is 20.8. The summed E-state index contributed by atoms with van der Waals surface area (Å²) in [5.41, 5.74) is 3.53. The van der Waals surface area contributed by atoms with E-state index in [2.05, 4.69) is 19.2 Å². The van der Waals surface area contributed by atoms with Crippen LogP contribution in [-0.2, 0) is 6.42 Å². The van der Waals surface area contributed by atoms with E-state index in [1.165, 1.54) is 0 Å². The minimum Gasteiger partial charge on any atom is -0.497 e. The Balaban J connectivity index is 2.50. The van der Waals surface area contributed by atoms with Crippen molar-refractivity contribution in [1.29, 1.82) is 0 Å². The van der Waals surface area contributed by atoms with Crippen LogP contribution in [0.2, 0.25) is 0 Å². The number of rotatable bonds is 9. The molecule has 0 aromatic heterocycles. The van der Waals surface area contributed by atoms with Gasteiger partial charge in [-0.05, 0) is 54.7 Å². The van der Waals surface area contributed by atoms with Gasteiger partial charge in [-0.15, -0.1) is 0 Å². The maximum absolute atomic E-state index is 12.5. The summed E-state index contributed by atoms with van der Waals surface area (Å²) in [6.07, 6.45) is 0.781. The highest BCUT2D eigenvalue weighted by Gasteiger charge is 2.16. The molecule has 27 heavy (non-hydrogen) atoms. The van der Waals surface area contributed by atoms with Crippen LogP contribution >= 0.6 is 0 Å². The highest BCUT2D eigenvalue weighted by Crippen LogP contribution is 2.35. The topological polar surface area (TPSA) is 67.8 Å². The van der Waals surface area contributed by atoms with Gasteiger partial charge in [0.25, 0.3) is 5.91 Å². The van der Waals surface area contributed by atoms with Gasteiger partial charge in [0.05, 0.1) is 20.3 Å². The fourth-order valence-corrected chi connectivity index (χ4v) is 3.00. The van der Waals surface area contributed by atoms with Crippen molar-refractivity contribution in [2.45, 2.75) is 27.2 Å². The standard InChI is InChI=1S/C22H29NO4/c1-5-27-21-9-7-18(26-4)14-20(21)16-6-8-19(22(25)23-10-11-24)17(13-16)12-15(2)3/h6-9,13-15,24H,5,10-12H2,1-4H3,(H,23,25). The zero-order valence-corrected chi connectivity index (χ0v) is 16.5. The van der Waals surface area contributed by atoms with Crippen molar-refractivity contribution in [2.24, 2.45) is 5.92 Å². The van der Waals surface area contributed by atoms with Gasteiger partial charge in [0.1, 0.15) is 11.5 Å². The molecule has 0 saturated heterocycles. The van der Waals surface area contributed by atoms with Crippen LogP contribution in [0.15, 0.2) is 36.4 Å². The minimum absolute atomic E-state index is 0.0785. The maximum atomic E-state index is 12.5. The molecule has 0 saturated carbocycles. The molecule has 0 heterocycles. The Kier molecular flexibility index (Phi) is 7.67. The number of carbonyl (C=O) groups is 1. The maximum Gasteiger partial charge on any atom is 0.251 e. The lowest BCUT2D eigenvalue weighted by atomic mass is 9.93. The average molecular weight is 371 g/mol. The van der Waals surface area contributed by atoms with Crippen LogP contribution in [0, 0.1) is 5.92 Å². The van der Waals surface area contributed by atoms with Gasteiger partial charge in [-0.1, -0.05) is 26.0 Å². The van der Waals surface area contributed by atoms with Gasteiger partial charge < -0.3 is 19.9 Å². The van der Waals surface area contributed by atoms with Gasteiger partial charge in [0.15, 0.2) is 0 Å². The van der Waals surface area contributed by atoms with E-state index in [9.17, 15) is 4.79 Å². The predicted octanol–water partition coefficient (Wildman–Crippen LogP) is 3.68. The second-order valence-corrected chi connectivity index (χ2v) is 6.74. The molecule has 5 nitrogen and oxygen atoms in total. The minimum atomic E-state index is -0.165. The van der Waals surface area contributed by atoms with Crippen molar-refractivity contribution in [3.05, 3.63) is 47.5 Å². The van der Waals surface area contributed by atoms with E-state index < -0.39 is 0 Å². The molecule has 2 aromatic rings. The monoisotopic (exact) mass is 371 g/mol. The van der Waals surface area contributed by atoms with Gasteiger partial charge in [-0.2, -0.15) is 0 Å². The molecule has 1 amide bonds. The number of hydrogen-bond donors (Lipinski definition) is 2. The lowest BCUT2D eigenvalue weighted by Crippen LogP contribution is -2.27. The van der Waals surface area contributed by atoms with Crippen molar-refractivity contribution in [2.75, 3.05) is 26.9 Å². The van der Waals surface area contributed by atoms with E-state index in [-0.39, 0.29) is 19.1 Å². The highest BCUT2D eigenvalue weighted by molar-refractivity contribution is 5.96. The molecular formula is C22H29NO4. The van der Waals surface area contributed by atoms with Crippen molar-refractivity contribution in [1.82, 2.24) is 5.32 Å². The largest absolute Gasteiger partial charge is 0.497 e. The Morgan fingerprint density at radius 1 is 1.19 bits per heavy atom. The molecule has 0 aliphatic heterocycles. The molecule has 0 fully saturated rings. The number of aliphatic hydroxyl groups excluding tert-OH is 1. The van der Waals surface area contributed by atoms with Gasteiger partial charge in [0, 0.05) is 17.7 Å². The van der Waals surface area contributed by atoms with Crippen molar-refractivity contribution < 1.29 is 19.4 Å². The molecule has 0 radical (unpaired) electrons. The summed E-state index contributed by atoms with van der Waals surface area (Å²) in [5, 5.41) is 11.7. The van der Waals surface area contributed by atoms with E-state index in [0.717, 1.165) is 34.6 Å². The second kappa shape index (κ2) is 9.97. The first-order chi connectivity index (χ1) is 13.0. The number of nitrogens with one attached hydrogen (secondary N) is 1. The summed E-state index contributed by atoms with van der Waals surface area (Å²) in [6.45, 7) is 6.93. The first-order valence-electron chi connectivity index (χ1n) is 9.33. The van der Waals surface area contributed by atoms with Gasteiger partial charge in [0.2, 0.25) is 0 Å². The van der Waals surface area contributed by atoms with E-state index in [4.69, 9.17) is 14.6 Å². The van der Waals surface area contributed by atoms with Crippen LogP contribution in [0.25, 0.3) is 11.1 Å². The van der Waals surface area contributed by atoms with Crippen LogP contribution in [0.5, 0.6) is 11.5 Å². The van der Waals surface area contributed by atoms with Crippen LogP contribution in [0.1, 0.15) is 36.7 Å². The predicted molar refractivity (Wildman–Crippen MR) is 108 cm³/mol. The van der Waals surface area contributed by atoms with Crippen LogP contribution in [0.4, 0.5) is 0 Å². The van der Waals surface area contributed by atoms with E-state index in [0.29, 0.717) is 18.1 Å². The zero-order chi connectivity index (χ0) is 19.8. The Labute approximate surface area is 161 Å². The van der Waals surface area contributed by atoms with Crippen LogP contribution in [0.3, 0.4) is 0 Å². The molecular weight excluding hydrogens is 342 g/mol. The van der Waals surface area contributed by atoms with Gasteiger partial charge in [-0.25, -0.2) is 0 Å². The third-order valence-corrected chi connectivity index (χ3v) is 4.17. The Morgan fingerprint density at radius 3 is 2.59 bits per heavy atom. The number of ether oxygens (including phenoxy) is 2. The van der Waals surface area contributed by atoms with Crippen LogP contribution in [-0.4, -0.2) is 37.9 Å². The molecule has 2 N–H and O–H groups in total. The SMILES string of the molecule is CCOc1ccc(OC)cc1-c1ccc(C(=O)NCCO)c(CC(C)C)c1. The van der Waals surface area contributed by atoms with Crippen molar-refractivity contribution >= 4 is 5.91 Å². The van der Waals surface area contributed by atoms with Gasteiger partial charge >= 0.3 is 0 Å². The summed E-state index contributed by atoms with van der Waals surface area (Å²) >= 11 is 0. The van der Waals surface area contributed by atoms with E-state index >= 15 is 0 Å². The number of benzene rings is 2. The van der Waals surface area contributed by atoms with Crippen LogP contribution < -0.4 is 14.8 Å². The summed E-state index contributed by atoms with van der Waals surface area (Å²) in [5.74, 6) is 1.78. The summed E-state index contributed by atoms with van der Waals surface area (Å²) in [4.78, 5) is 12.5. The first-order valence-corrected chi connectivity index (χ1v) is 9.33. The van der Waals surface area contributed by atoms with Gasteiger partial charge in [-0.3, -0.25) is 4.79 Å². The number of carbonyl (C=O) groups excluding carboxylic acids is 1. The third kappa shape index (κ3) is 5.47. The molecule has 146 valence electrons. The fraction of sp³-hybridized carbons (Fsp3) is 0.409. The summed E-state index contributed by atoms with van der Waals surface area (Å²) in [7, 11) is 1.64. The Morgan fingerprint density at radius 2 is 1.96 bits per heavy atom. The summed E-state index contributed by atoms with van der Waals surface area (Å²) in [6, 6.07) is 11.5. The highest BCUT2D eigenvalue weighted by atomic mass is 16.5. The molecule has 0 bridgehead atoms. The number of aliphatic hydroxyl groups is 1. The van der Waals surface area contributed by atoms with Crippen molar-refractivity contribution in [3.8, 4) is 22.6 Å². The van der Waals surface area contributed by atoms with Crippen molar-refractivity contribution in [3.63, 3.8) is 0 Å². The molecule has 0 atom stereocenters. The second-order valence-electron chi connectivity index (χ2n) is 6.74. The molecule has 0 aliphatic carbocycles. The summed E-state index contributed by atoms with van der Waals surface area (Å²) < 4.78 is 11.1. The Bertz CT molecular complexity index is 771. The quantitative estimate of drug-likeness (QED) is 0.706. The Hall–Kier alpha value is -2.53. The molecule has 2 aromatic carbocycles. The van der Waals surface area contributed by atoms with E-state index in [1.807, 2.05) is 43.3 Å². The molecule has 5 heteroatoms. The molecule has 2 rings (SSSR count). The lowest BCUT2D eigenvalue weighted by Gasteiger charge is -2.16.